The van der Waals surface area contributed by atoms with Gasteiger partial charge in [-0.15, -0.1) is 24.0 Å². The largest absolute Gasteiger partial charge is 0.382 e. The number of unbranched alkanes of at least 4 members (excludes halogenated alkanes) is 1. The van der Waals surface area contributed by atoms with Crippen molar-refractivity contribution in [1.82, 2.24) is 15.5 Å². The van der Waals surface area contributed by atoms with Crippen molar-refractivity contribution >= 4 is 29.9 Å². The van der Waals surface area contributed by atoms with Crippen molar-refractivity contribution in [2.45, 2.75) is 38.3 Å². The predicted molar refractivity (Wildman–Crippen MR) is 127 cm³/mol. The number of guanidine groups is 1. The molecule has 0 aromatic heterocycles. The monoisotopic (exact) mass is 504 g/mol. The van der Waals surface area contributed by atoms with Crippen LogP contribution in [0.4, 0.5) is 0 Å². The fraction of sp³-hybridized carbons (Fsp3) is 0.667. The average Bonchev–Trinajstić information content (AvgIpc) is 3.14. The molecule has 6 nitrogen and oxygen atoms in total. The van der Waals surface area contributed by atoms with Crippen LogP contribution in [0.5, 0.6) is 0 Å². The highest BCUT2D eigenvalue weighted by atomic mass is 127. The summed E-state index contributed by atoms with van der Waals surface area (Å²) >= 11 is 0. The Morgan fingerprint density at radius 3 is 2.71 bits per heavy atom. The fourth-order valence-electron chi connectivity index (χ4n) is 3.37. The summed E-state index contributed by atoms with van der Waals surface area (Å²) in [5.41, 5.74) is 1.39. The highest BCUT2D eigenvalue weighted by molar-refractivity contribution is 14.0. The third-order valence-corrected chi connectivity index (χ3v) is 4.90. The van der Waals surface area contributed by atoms with Crippen LogP contribution in [0.15, 0.2) is 35.3 Å². The molecule has 28 heavy (non-hydrogen) atoms. The number of benzene rings is 1. The molecule has 2 rings (SSSR count). The summed E-state index contributed by atoms with van der Waals surface area (Å²) in [4.78, 5) is 6.92. The van der Waals surface area contributed by atoms with E-state index in [1.165, 1.54) is 24.9 Å². The Bertz CT molecular complexity index is 530. The summed E-state index contributed by atoms with van der Waals surface area (Å²) in [7, 11) is 3.53. The predicted octanol–water partition coefficient (Wildman–Crippen LogP) is 2.88. The lowest BCUT2D eigenvalue weighted by atomic mass is 10.2. The molecule has 0 spiro atoms. The first-order chi connectivity index (χ1) is 13.3. The maximum atomic E-state index is 5.48. The highest BCUT2D eigenvalue weighted by Gasteiger charge is 2.24. The highest BCUT2D eigenvalue weighted by Crippen LogP contribution is 2.19. The van der Waals surface area contributed by atoms with Gasteiger partial charge in [-0.25, -0.2) is 0 Å². The third-order valence-electron chi connectivity index (χ3n) is 4.90. The minimum atomic E-state index is 0. The van der Waals surface area contributed by atoms with Crippen LogP contribution in [-0.2, 0) is 16.0 Å². The smallest absolute Gasteiger partial charge is 0.191 e. The van der Waals surface area contributed by atoms with Crippen LogP contribution < -0.4 is 10.6 Å². The minimum absolute atomic E-state index is 0. The van der Waals surface area contributed by atoms with Crippen LogP contribution in [0.2, 0.25) is 0 Å². The maximum absolute atomic E-state index is 5.48. The zero-order valence-corrected chi connectivity index (χ0v) is 19.7. The van der Waals surface area contributed by atoms with Gasteiger partial charge in [0.1, 0.15) is 0 Å². The van der Waals surface area contributed by atoms with Crippen molar-refractivity contribution < 1.29 is 9.47 Å². The van der Waals surface area contributed by atoms with E-state index in [0.29, 0.717) is 19.3 Å². The zero-order chi connectivity index (χ0) is 19.2. The molecule has 0 saturated carbocycles. The van der Waals surface area contributed by atoms with Gasteiger partial charge in [0, 0.05) is 46.4 Å². The molecular weight excluding hydrogens is 467 g/mol. The Labute approximate surface area is 187 Å². The van der Waals surface area contributed by atoms with E-state index in [2.05, 4.69) is 50.9 Å². The molecule has 1 fully saturated rings. The standard InChI is InChI=1S/C21H36N4O2.HI/c1-22-21(23-12-6-7-14-27-16-15-26-2)24-17-20-11-8-13-25(20)18-19-9-4-3-5-10-19;/h3-5,9-10,20H,6-8,11-18H2,1-2H3,(H2,22,23,24);1H. The van der Waals surface area contributed by atoms with Gasteiger partial charge in [0.2, 0.25) is 0 Å². The molecule has 0 bridgehead atoms. The number of hydrogen-bond donors (Lipinski definition) is 2. The normalized spacial score (nSPS) is 17.4. The van der Waals surface area contributed by atoms with Crippen molar-refractivity contribution in [2.24, 2.45) is 4.99 Å². The molecule has 0 amide bonds. The number of nitrogens with one attached hydrogen (secondary N) is 2. The van der Waals surface area contributed by atoms with E-state index in [9.17, 15) is 0 Å². The number of rotatable bonds is 12. The molecule has 160 valence electrons. The van der Waals surface area contributed by atoms with E-state index in [4.69, 9.17) is 9.47 Å². The van der Waals surface area contributed by atoms with E-state index in [-0.39, 0.29) is 24.0 Å². The Balaban J connectivity index is 0.00000392. The number of aliphatic imine (C=N–C) groups is 1. The maximum Gasteiger partial charge on any atom is 0.191 e. The summed E-state index contributed by atoms with van der Waals surface area (Å²) in [5.74, 6) is 0.891. The first-order valence-corrected chi connectivity index (χ1v) is 10.1. The quantitative estimate of drug-likeness (QED) is 0.199. The molecule has 2 N–H and O–H groups in total. The van der Waals surface area contributed by atoms with E-state index in [1.807, 2.05) is 7.05 Å². The van der Waals surface area contributed by atoms with E-state index >= 15 is 0 Å². The van der Waals surface area contributed by atoms with E-state index in [1.54, 1.807) is 7.11 Å². The molecule has 7 heteroatoms. The topological polar surface area (TPSA) is 58.1 Å². The molecule has 1 atom stereocenters. The summed E-state index contributed by atoms with van der Waals surface area (Å²) in [5, 5.41) is 6.90. The number of likely N-dealkylation sites (tertiary alicyclic amines) is 1. The van der Waals surface area contributed by atoms with Gasteiger partial charge in [0.15, 0.2) is 5.96 Å². The van der Waals surface area contributed by atoms with Crippen molar-refractivity contribution in [3.63, 3.8) is 0 Å². The molecule has 1 heterocycles. The molecule has 1 aromatic carbocycles. The molecule has 0 radical (unpaired) electrons. The SMILES string of the molecule is CN=C(NCCCCOCCOC)NCC1CCCN1Cc1ccccc1.I. The lowest BCUT2D eigenvalue weighted by molar-refractivity contribution is 0.0689. The van der Waals surface area contributed by atoms with Crippen LogP contribution in [0.3, 0.4) is 0 Å². The first-order valence-electron chi connectivity index (χ1n) is 10.1. The Morgan fingerprint density at radius 2 is 1.96 bits per heavy atom. The van der Waals surface area contributed by atoms with E-state index in [0.717, 1.165) is 45.0 Å². The van der Waals surface area contributed by atoms with Gasteiger partial charge in [-0.3, -0.25) is 9.89 Å². The fourth-order valence-corrected chi connectivity index (χ4v) is 3.37. The Morgan fingerprint density at radius 1 is 1.14 bits per heavy atom. The molecule has 1 aromatic rings. The lowest BCUT2D eigenvalue weighted by Crippen LogP contribution is -2.44. The number of ether oxygens (including phenoxy) is 2. The molecule has 1 aliphatic heterocycles. The molecule has 1 aliphatic rings. The molecular formula is C21H37IN4O2. The summed E-state index contributed by atoms with van der Waals surface area (Å²) in [6, 6.07) is 11.3. The van der Waals surface area contributed by atoms with Crippen LogP contribution >= 0.6 is 24.0 Å². The van der Waals surface area contributed by atoms with Crippen LogP contribution in [-0.4, -0.2) is 70.5 Å². The minimum Gasteiger partial charge on any atom is -0.382 e. The number of methoxy groups -OCH3 is 1. The number of nitrogens with zero attached hydrogens (tertiary/aromatic N) is 2. The van der Waals surface area contributed by atoms with Crippen molar-refractivity contribution in [1.29, 1.82) is 0 Å². The lowest BCUT2D eigenvalue weighted by Gasteiger charge is -2.25. The second-order valence-corrected chi connectivity index (χ2v) is 6.94. The van der Waals surface area contributed by atoms with Gasteiger partial charge < -0.3 is 20.1 Å². The van der Waals surface area contributed by atoms with Gasteiger partial charge in [-0.1, -0.05) is 30.3 Å². The second-order valence-electron chi connectivity index (χ2n) is 6.94. The van der Waals surface area contributed by atoms with Crippen molar-refractivity contribution in [2.75, 3.05) is 53.6 Å². The van der Waals surface area contributed by atoms with E-state index < -0.39 is 0 Å². The Kier molecular flexibility index (Phi) is 14.3. The van der Waals surface area contributed by atoms with Crippen LogP contribution in [0.25, 0.3) is 0 Å². The molecule has 0 aliphatic carbocycles. The van der Waals surface area contributed by atoms with Crippen molar-refractivity contribution in [3.8, 4) is 0 Å². The second kappa shape index (κ2) is 16.0. The summed E-state index contributed by atoms with van der Waals surface area (Å²) < 4.78 is 10.4. The van der Waals surface area contributed by atoms with Gasteiger partial charge in [0.25, 0.3) is 0 Å². The van der Waals surface area contributed by atoms with Crippen LogP contribution in [0.1, 0.15) is 31.2 Å². The van der Waals surface area contributed by atoms with Crippen LogP contribution in [0, 0.1) is 0 Å². The summed E-state index contributed by atoms with van der Waals surface area (Å²) in [6.07, 6.45) is 4.63. The summed E-state index contributed by atoms with van der Waals surface area (Å²) in [6.45, 7) is 6.18. The third kappa shape index (κ3) is 10.0. The van der Waals surface area contributed by atoms with Gasteiger partial charge in [-0.2, -0.15) is 0 Å². The van der Waals surface area contributed by atoms with Gasteiger partial charge >= 0.3 is 0 Å². The molecule has 1 saturated heterocycles. The zero-order valence-electron chi connectivity index (χ0n) is 17.4. The average molecular weight is 504 g/mol. The van der Waals surface area contributed by atoms with Gasteiger partial charge in [0.05, 0.1) is 13.2 Å². The number of hydrogen-bond acceptors (Lipinski definition) is 4. The Hall–Kier alpha value is -0.900. The number of halogens is 1. The molecule has 1 unspecified atom stereocenters. The van der Waals surface area contributed by atoms with Crippen molar-refractivity contribution in [3.05, 3.63) is 35.9 Å². The van der Waals surface area contributed by atoms with Gasteiger partial charge in [-0.05, 0) is 37.8 Å². The first kappa shape index (κ1) is 25.1.